The molecule has 6 nitrogen and oxygen atoms in total. The van der Waals surface area contributed by atoms with Gasteiger partial charge in [-0.15, -0.1) is 0 Å². The zero-order valence-electron chi connectivity index (χ0n) is 9.49. The van der Waals surface area contributed by atoms with Crippen molar-refractivity contribution in [2.24, 2.45) is 0 Å². The van der Waals surface area contributed by atoms with E-state index in [0.29, 0.717) is 6.42 Å². The van der Waals surface area contributed by atoms with Crippen molar-refractivity contribution in [1.29, 1.82) is 0 Å². The zero-order chi connectivity index (χ0) is 12.8. The number of hydrogen-bond donors (Lipinski definition) is 2. The number of amides is 3. The fourth-order valence-corrected chi connectivity index (χ4v) is 1.31. The van der Waals surface area contributed by atoms with Crippen LogP contribution >= 0.6 is 0 Å². The number of imide groups is 1. The van der Waals surface area contributed by atoms with E-state index in [-0.39, 0.29) is 17.9 Å². The van der Waals surface area contributed by atoms with Crippen LogP contribution in [0.2, 0.25) is 0 Å². The summed E-state index contributed by atoms with van der Waals surface area (Å²) in [5, 5.41) is 4.64. The molecule has 17 heavy (non-hydrogen) atoms. The summed E-state index contributed by atoms with van der Waals surface area (Å²) in [5.74, 6) is -1.27. The minimum absolute atomic E-state index is 0.177. The SMILES string of the molecule is C=C(/C=C\OC)C(=O)NC1CCC(=O)NC1=O. The Labute approximate surface area is 98.7 Å². The van der Waals surface area contributed by atoms with Crippen molar-refractivity contribution >= 4 is 17.7 Å². The van der Waals surface area contributed by atoms with E-state index in [1.165, 1.54) is 19.4 Å². The Kier molecular flexibility index (Phi) is 4.45. The molecule has 1 fully saturated rings. The van der Waals surface area contributed by atoms with Gasteiger partial charge in [0.2, 0.25) is 11.8 Å². The predicted octanol–water partition coefficient (Wildman–Crippen LogP) is -0.376. The lowest BCUT2D eigenvalue weighted by Crippen LogP contribution is -2.52. The summed E-state index contributed by atoms with van der Waals surface area (Å²) in [6.07, 6.45) is 3.22. The summed E-state index contributed by atoms with van der Waals surface area (Å²) in [4.78, 5) is 33.8. The molecule has 0 spiro atoms. The molecule has 0 aromatic heterocycles. The lowest BCUT2D eigenvalue weighted by molar-refractivity contribution is -0.136. The number of methoxy groups -OCH3 is 1. The van der Waals surface area contributed by atoms with Gasteiger partial charge < -0.3 is 10.1 Å². The van der Waals surface area contributed by atoms with Crippen LogP contribution in [-0.2, 0) is 19.1 Å². The highest BCUT2D eigenvalue weighted by Gasteiger charge is 2.27. The molecular weight excluding hydrogens is 224 g/mol. The van der Waals surface area contributed by atoms with Crippen LogP contribution < -0.4 is 10.6 Å². The minimum Gasteiger partial charge on any atom is -0.504 e. The van der Waals surface area contributed by atoms with Crippen LogP contribution in [0.1, 0.15) is 12.8 Å². The maximum atomic E-state index is 11.6. The number of piperidine rings is 1. The van der Waals surface area contributed by atoms with Crippen molar-refractivity contribution in [3.8, 4) is 0 Å². The topological polar surface area (TPSA) is 84.5 Å². The van der Waals surface area contributed by atoms with E-state index in [1.807, 2.05) is 0 Å². The summed E-state index contributed by atoms with van der Waals surface area (Å²) in [7, 11) is 1.45. The van der Waals surface area contributed by atoms with Gasteiger partial charge in [-0.3, -0.25) is 19.7 Å². The van der Waals surface area contributed by atoms with Gasteiger partial charge in [-0.1, -0.05) is 6.58 Å². The fourth-order valence-electron chi connectivity index (χ4n) is 1.31. The molecule has 0 radical (unpaired) electrons. The molecule has 1 saturated heterocycles. The van der Waals surface area contributed by atoms with Gasteiger partial charge in [-0.2, -0.15) is 0 Å². The quantitative estimate of drug-likeness (QED) is 0.303. The lowest BCUT2D eigenvalue weighted by atomic mass is 10.1. The van der Waals surface area contributed by atoms with E-state index in [1.54, 1.807) is 0 Å². The van der Waals surface area contributed by atoms with Crippen LogP contribution in [0.5, 0.6) is 0 Å². The Morgan fingerprint density at radius 1 is 1.59 bits per heavy atom. The normalized spacial score (nSPS) is 19.9. The van der Waals surface area contributed by atoms with Crippen LogP contribution in [0, 0.1) is 0 Å². The van der Waals surface area contributed by atoms with E-state index in [0.717, 1.165) is 0 Å². The van der Waals surface area contributed by atoms with Gasteiger partial charge in [0, 0.05) is 12.0 Å². The monoisotopic (exact) mass is 238 g/mol. The second-order valence-corrected chi connectivity index (χ2v) is 3.54. The molecule has 3 amide bonds. The standard InChI is InChI=1S/C11H14N2O4/c1-7(5-6-17-2)10(15)12-8-3-4-9(14)13-11(8)16/h5-6,8H,1,3-4H2,2H3,(H,12,15)(H,13,14,16)/b6-5-. The predicted molar refractivity (Wildman–Crippen MR) is 59.6 cm³/mol. The Hall–Kier alpha value is -2.11. The van der Waals surface area contributed by atoms with E-state index >= 15 is 0 Å². The maximum Gasteiger partial charge on any atom is 0.251 e. The van der Waals surface area contributed by atoms with Gasteiger partial charge in [0.1, 0.15) is 6.04 Å². The smallest absolute Gasteiger partial charge is 0.251 e. The van der Waals surface area contributed by atoms with Crippen LogP contribution in [0.3, 0.4) is 0 Å². The highest BCUT2D eigenvalue weighted by atomic mass is 16.5. The lowest BCUT2D eigenvalue weighted by Gasteiger charge is -2.21. The van der Waals surface area contributed by atoms with Crippen molar-refractivity contribution < 1.29 is 19.1 Å². The third kappa shape index (κ3) is 3.75. The van der Waals surface area contributed by atoms with Crippen LogP contribution in [0.25, 0.3) is 0 Å². The number of carbonyl (C=O) groups is 3. The molecule has 0 bridgehead atoms. The van der Waals surface area contributed by atoms with E-state index < -0.39 is 17.9 Å². The van der Waals surface area contributed by atoms with Crippen molar-refractivity contribution in [1.82, 2.24) is 10.6 Å². The van der Waals surface area contributed by atoms with Crippen molar-refractivity contribution in [3.63, 3.8) is 0 Å². The van der Waals surface area contributed by atoms with Crippen LogP contribution in [-0.4, -0.2) is 30.9 Å². The summed E-state index contributed by atoms with van der Waals surface area (Å²) in [6.45, 7) is 3.52. The largest absolute Gasteiger partial charge is 0.504 e. The molecule has 2 N–H and O–H groups in total. The average molecular weight is 238 g/mol. The van der Waals surface area contributed by atoms with Gasteiger partial charge in [0.25, 0.3) is 5.91 Å². The second kappa shape index (κ2) is 5.83. The molecule has 0 aliphatic carbocycles. The molecule has 0 aromatic rings. The first-order valence-electron chi connectivity index (χ1n) is 5.07. The number of carbonyl (C=O) groups excluding carboxylic acids is 3. The Morgan fingerprint density at radius 3 is 2.88 bits per heavy atom. The summed E-state index contributed by atoms with van der Waals surface area (Å²) < 4.78 is 4.64. The molecule has 0 aromatic carbocycles. The highest BCUT2D eigenvalue weighted by Crippen LogP contribution is 2.05. The Balaban J connectivity index is 2.51. The summed E-state index contributed by atoms with van der Waals surface area (Å²) >= 11 is 0. The van der Waals surface area contributed by atoms with Gasteiger partial charge >= 0.3 is 0 Å². The molecule has 0 saturated carbocycles. The second-order valence-electron chi connectivity index (χ2n) is 3.54. The van der Waals surface area contributed by atoms with E-state index in [2.05, 4.69) is 21.9 Å². The first-order chi connectivity index (χ1) is 8.04. The third-order valence-electron chi connectivity index (χ3n) is 2.24. The molecule has 1 aliphatic heterocycles. The van der Waals surface area contributed by atoms with Gasteiger partial charge in [-0.25, -0.2) is 0 Å². The first-order valence-corrected chi connectivity index (χ1v) is 5.07. The number of ether oxygens (including phenoxy) is 1. The summed E-state index contributed by atoms with van der Waals surface area (Å²) in [5.41, 5.74) is 0.177. The van der Waals surface area contributed by atoms with Crippen molar-refractivity contribution in [2.75, 3.05) is 7.11 Å². The molecule has 1 rings (SSSR count). The Morgan fingerprint density at radius 2 is 2.29 bits per heavy atom. The molecule has 6 heteroatoms. The molecule has 1 heterocycles. The van der Waals surface area contributed by atoms with Gasteiger partial charge in [-0.05, 0) is 12.5 Å². The van der Waals surface area contributed by atoms with Crippen LogP contribution in [0.15, 0.2) is 24.5 Å². The summed E-state index contributed by atoms with van der Waals surface area (Å²) in [6, 6.07) is -0.687. The molecule has 92 valence electrons. The van der Waals surface area contributed by atoms with Gasteiger partial charge in [0.15, 0.2) is 0 Å². The number of rotatable bonds is 4. The van der Waals surface area contributed by atoms with Crippen molar-refractivity contribution in [2.45, 2.75) is 18.9 Å². The molecular formula is C11H14N2O4. The van der Waals surface area contributed by atoms with Crippen molar-refractivity contribution in [3.05, 3.63) is 24.5 Å². The first kappa shape index (κ1) is 13.0. The van der Waals surface area contributed by atoms with E-state index in [4.69, 9.17) is 0 Å². The third-order valence-corrected chi connectivity index (χ3v) is 2.24. The molecule has 1 atom stereocenters. The molecule has 1 unspecified atom stereocenters. The zero-order valence-corrected chi connectivity index (χ0v) is 9.49. The minimum atomic E-state index is -0.687. The number of hydrogen-bond acceptors (Lipinski definition) is 4. The highest BCUT2D eigenvalue weighted by molar-refractivity contribution is 6.04. The fraction of sp³-hybridized carbons (Fsp3) is 0.364. The molecule has 1 aliphatic rings. The Bertz CT molecular complexity index is 387. The van der Waals surface area contributed by atoms with E-state index in [9.17, 15) is 14.4 Å². The van der Waals surface area contributed by atoms with Gasteiger partial charge in [0.05, 0.1) is 13.4 Å². The maximum absolute atomic E-state index is 11.6. The van der Waals surface area contributed by atoms with Crippen LogP contribution in [0.4, 0.5) is 0 Å². The number of nitrogens with one attached hydrogen (secondary N) is 2. The average Bonchev–Trinajstić information content (AvgIpc) is 2.29.